The zero-order valence-electron chi connectivity index (χ0n) is 12.6. The average molecular weight is 317 g/mol. The van der Waals surface area contributed by atoms with Crippen LogP contribution in [0.1, 0.15) is 40.3 Å². The molecule has 22 heavy (non-hydrogen) atoms. The van der Waals surface area contributed by atoms with Crippen LogP contribution in [0.2, 0.25) is 0 Å². The van der Waals surface area contributed by atoms with E-state index in [1.54, 1.807) is 11.7 Å². The zero-order chi connectivity index (χ0) is 15.4. The van der Waals surface area contributed by atoms with Crippen molar-refractivity contribution in [3.8, 4) is 0 Å². The molecule has 1 aliphatic heterocycles. The van der Waals surface area contributed by atoms with E-state index in [2.05, 4.69) is 25.2 Å². The van der Waals surface area contributed by atoms with Crippen LogP contribution in [0.25, 0.3) is 0 Å². The summed E-state index contributed by atoms with van der Waals surface area (Å²) < 4.78 is 0. The number of hydrogen-bond donors (Lipinski definition) is 1. The third-order valence-corrected chi connectivity index (χ3v) is 4.65. The van der Waals surface area contributed by atoms with Gasteiger partial charge in [0.1, 0.15) is 4.88 Å². The van der Waals surface area contributed by atoms with Crippen molar-refractivity contribution in [3.05, 3.63) is 34.0 Å². The maximum atomic E-state index is 12.1. The number of anilines is 1. The Labute approximate surface area is 133 Å². The number of carbonyl (C=O) groups is 1. The van der Waals surface area contributed by atoms with E-state index in [0.29, 0.717) is 11.4 Å². The van der Waals surface area contributed by atoms with Gasteiger partial charge in [0.15, 0.2) is 0 Å². The van der Waals surface area contributed by atoms with Crippen LogP contribution in [-0.4, -0.2) is 33.9 Å². The fourth-order valence-corrected chi connectivity index (χ4v) is 3.22. The van der Waals surface area contributed by atoms with Crippen LogP contribution in [0.3, 0.4) is 0 Å². The summed E-state index contributed by atoms with van der Waals surface area (Å²) >= 11 is 1.35. The molecule has 0 spiro atoms. The van der Waals surface area contributed by atoms with Crippen LogP contribution in [0.4, 0.5) is 5.95 Å². The highest BCUT2D eigenvalue weighted by Gasteiger charge is 2.15. The number of aryl methyl sites for hydroxylation is 1. The minimum absolute atomic E-state index is 0.0989. The first-order valence-electron chi connectivity index (χ1n) is 7.49. The average Bonchev–Trinajstić information content (AvgIpc) is 3.00. The number of amides is 1. The van der Waals surface area contributed by atoms with Gasteiger partial charge in [0.25, 0.3) is 5.91 Å². The fraction of sp³-hybridized carbons (Fsp3) is 0.467. The number of nitrogens with one attached hydrogen (secondary N) is 1. The normalized spacial score (nSPS) is 14.9. The summed E-state index contributed by atoms with van der Waals surface area (Å²) in [5.41, 5.74) is 3.27. The summed E-state index contributed by atoms with van der Waals surface area (Å²) in [6.45, 7) is 4.26. The maximum Gasteiger partial charge on any atom is 0.263 e. The van der Waals surface area contributed by atoms with Crippen molar-refractivity contribution in [1.29, 1.82) is 0 Å². The molecule has 1 N–H and O–H groups in total. The number of nitrogens with zero attached hydrogens (tertiary/aromatic N) is 4. The Hall–Kier alpha value is -2.02. The number of thiazole rings is 1. The Kier molecular flexibility index (Phi) is 4.62. The van der Waals surface area contributed by atoms with Crippen molar-refractivity contribution >= 4 is 23.2 Å². The minimum atomic E-state index is -0.0989. The summed E-state index contributed by atoms with van der Waals surface area (Å²) in [5.74, 6) is 0.665. The van der Waals surface area contributed by atoms with Crippen LogP contribution < -0.4 is 10.2 Å². The van der Waals surface area contributed by atoms with Gasteiger partial charge < -0.3 is 10.2 Å². The Bertz CT molecular complexity index is 651. The molecule has 1 amide bonds. The standard InChI is InChI=1S/C15H19N5OS/c1-11-13(22-10-18-11)14(21)17-9-12-5-6-16-15(19-12)20-7-3-2-4-8-20/h5-6,10H,2-4,7-9H2,1H3,(H,17,21). The minimum Gasteiger partial charge on any atom is -0.346 e. The molecule has 0 bridgehead atoms. The van der Waals surface area contributed by atoms with Gasteiger partial charge >= 0.3 is 0 Å². The molecule has 1 aliphatic rings. The largest absolute Gasteiger partial charge is 0.346 e. The number of carbonyl (C=O) groups excluding carboxylic acids is 1. The van der Waals surface area contributed by atoms with Crippen molar-refractivity contribution < 1.29 is 4.79 Å². The van der Waals surface area contributed by atoms with E-state index in [0.717, 1.165) is 30.4 Å². The first kappa shape index (κ1) is 14.9. The molecule has 6 nitrogen and oxygen atoms in total. The SMILES string of the molecule is Cc1ncsc1C(=O)NCc1ccnc(N2CCCCC2)n1. The highest BCUT2D eigenvalue weighted by Crippen LogP contribution is 2.15. The maximum absolute atomic E-state index is 12.1. The molecule has 0 radical (unpaired) electrons. The van der Waals surface area contributed by atoms with Crippen LogP contribution in [0.15, 0.2) is 17.8 Å². The van der Waals surface area contributed by atoms with Gasteiger partial charge in [0.2, 0.25) is 5.95 Å². The predicted molar refractivity (Wildman–Crippen MR) is 86.1 cm³/mol. The molecular formula is C15H19N5OS. The van der Waals surface area contributed by atoms with Crippen molar-refractivity contribution in [3.63, 3.8) is 0 Å². The van der Waals surface area contributed by atoms with E-state index in [9.17, 15) is 4.79 Å². The van der Waals surface area contributed by atoms with Gasteiger partial charge in [-0.25, -0.2) is 15.0 Å². The molecule has 7 heteroatoms. The number of hydrogen-bond acceptors (Lipinski definition) is 6. The van der Waals surface area contributed by atoms with Gasteiger partial charge in [0, 0.05) is 19.3 Å². The van der Waals surface area contributed by atoms with Gasteiger partial charge in [0.05, 0.1) is 23.4 Å². The lowest BCUT2D eigenvalue weighted by atomic mass is 10.1. The van der Waals surface area contributed by atoms with Crippen LogP contribution in [-0.2, 0) is 6.54 Å². The number of rotatable bonds is 4. The summed E-state index contributed by atoms with van der Waals surface area (Å²) in [4.78, 5) is 28.0. The van der Waals surface area contributed by atoms with E-state index < -0.39 is 0 Å². The summed E-state index contributed by atoms with van der Waals surface area (Å²) in [6, 6.07) is 1.84. The number of aromatic nitrogens is 3. The van der Waals surface area contributed by atoms with Gasteiger partial charge in [-0.1, -0.05) is 0 Å². The molecule has 1 fully saturated rings. The summed E-state index contributed by atoms with van der Waals surface area (Å²) in [6.07, 6.45) is 5.42. The molecule has 0 unspecified atom stereocenters. The molecule has 0 saturated carbocycles. The Morgan fingerprint density at radius 1 is 1.32 bits per heavy atom. The first-order valence-corrected chi connectivity index (χ1v) is 8.37. The predicted octanol–water partition coefficient (Wildman–Crippen LogP) is 2.16. The van der Waals surface area contributed by atoms with E-state index in [1.807, 2.05) is 13.0 Å². The lowest BCUT2D eigenvalue weighted by Crippen LogP contribution is -2.31. The first-order chi connectivity index (χ1) is 10.7. The van der Waals surface area contributed by atoms with E-state index in [1.165, 1.54) is 30.6 Å². The van der Waals surface area contributed by atoms with Crippen molar-refractivity contribution in [1.82, 2.24) is 20.3 Å². The Morgan fingerprint density at radius 3 is 2.86 bits per heavy atom. The number of piperidine rings is 1. The Morgan fingerprint density at radius 2 is 2.14 bits per heavy atom. The van der Waals surface area contributed by atoms with E-state index in [-0.39, 0.29) is 5.91 Å². The quantitative estimate of drug-likeness (QED) is 0.935. The van der Waals surface area contributed by atoms with E-state index in [4.69, 9.17) is 0 Å². The van der Waals surface area contributed by atoms with Crippen LogP contribution in [0, 0.1) is 6.92 Å². The Balaban J connectivity index is 1.63. The van der Waals surface area contributed by atoms with Gasteiger partial charge in [-0.05, 0) is 32.3 Å². The summed E-state index contributed by atoms with van der Waals surface area (Å²) in [7, 11) is 0. The zero-order valence-corrected chi connectivity index (χ0v) is 13.4. The third-order valence-electron chi connectivity index (χ3n) is 3.72. The molecule has 3 rings (SSSR count). The molecule has 2 aromatic heterocycles. The van der Waals surface area contributed by atoms with E-state index >= 15 is 0 Å². The second-order valence-electron chi connectivity index (χ2n) is 5.35. The molecule has 3 heterocycles. The third kappa shape index (κ3) is 3.41. The lowest BCUT2D eigenvalue weighted by Gasteiger charge is -2.26. The van der Waals surface area contributed by atoms with Crippen molar-refractivity contribution in [2.75, 3.05) is 18.0 Å². The monoisotopic (exact) mass is 317 g/mol. The van der Waals surface area contributed by atoms with Gasteiger partial charge in [-0.2, -0.15) is 0 Å². The van der Waals surface area contributed by atoms with Crippen molar-refractivity contribution in [2.45, 2.75) is 32.7 Å². The lowest BCUT2D eigenvalue weighted by molar-refractivity contribution is 0.0953. The molecule has 0 aromatic carbocycles. The molecular weight excluding hydrogens is 298 g/mol. The van der Waals surface area contributed by atoms with Crippen LogP contribution >= 0.6 is 11.3 Å². The summed E-state index contributed by atoms with van der Waals surface area (Å²) in [5, 5.41) is 2.90. The second kappa shape index (κ2) is 6.83. The van der Waals surface area contributed by atoms with Crippen LogP contribution in [0.5, 0.6) is 0 Å². The molecule has 2 aromatic rings. The van der Waals surface area contributed by atoms with Crippen molar-refractivity contribution in [2.24, 2.45) is 0 Å². The molecule has 116 valence electrons. The molecule has 0 aliphatic carbocycles. The highest BCUT2D eigenvalue weighted by molar-refractivity contribution is 7.11. The van der Waals surface area contributed by atoms with Gasteiger partial charge in [-0.15, -0.1) is 11.3 Å². The molecule has 0 atom stereocenters. The topological polar surface area (TPSA) is 71.0 Å². The smallest absolute Gasteiger partial charge is 0.263 e. The highest BCUT2D eigenvalue weighted by atomic mass is 32.1. The second-order valence-corrected chi connectivity index (χ2v) is 6.20. The van der Waals surface area contributed by atoms with Gasteiger partial charge in [-0.3, -0.25) is 4.79 Å². The fourth-order valence-electron chi connectivity index (χ4n) is 2.50. The molecule has 1 saturated heterocycles.